The van der Waals surface area contributed by atoms with Crippen molar-refractivity contribution in [3.63, 3.8) is 0 Å². The van der Waals surface area contributed by atoms with E-state index in [4.69, 9.17) is 11.6 Å². The first-order valence-corrected chi connectivity index (χ1v) is 10.6. The molecule has 0 unspecified atom stereocenters. The number of aryl methyl sites for hydroxylation is 1. The van der Waals surface area contributed by atoms with Crippen LogP contribution in [0.4, 0.5) is 5.69 Å². The Bertz CT molecular complexity index is 803. The van der Waals surface area contributed by atoms with Crippen LogP contribution in [0.15, 0.2) is 34.1 Å². The van der Waals surface area contributed by atoms with E-state index >= 15 is 0 Å². The van der Waals surface area contributed by atoms with Crippen molar-refractivity contribution in [1.29, 1.82) is 0 Å². The fraction of sp³-hybridized carbons (Fsp3) is 0.368. The Kier molecular flexibility index (Phi) is 6.73. The van der Waals surface area contributed by atoms with Gasteiger partial charge in [-0.1, -0.05) is 11.6 Å². The number of hydrogen-bond acceptors (Lipinski definition) is 3. The summed E-state index contributed by atoms with van der Waals surface area (Å²) >= 11 is 11.2. The molecule has 3 rings (SSSR count). The second-order valence-electron chi connectivity index (χ2n) is 6.30. The number of anilines is 1. The van der Waals surface area contributed by atoms with Crippen molar-refractivity contribution in [3.05, 3.63) is 49.6 Å². The third kappa shape index (κ3) is 5.09. The molecule has 0 atom stereocenters. The summed E-state index contributed by atoms with van der Waals surface area (Å²) in [6, 6.07) is 9.13. The van der Waals surface area contributed by atoms with Gasteiger partial charge >= 0.3 is 0 Å². The Balaban J connectivity index is 1.61. The molecule has 2 aromatic rings. The number of amides is 2. The number of benzene rings is 1. The van der Waals surface area contributed by atoms with Gasteiger partial charge < -0.3 is 10.2 Å². The molecule has 26 heavy (non-hydrogen) atoms. The molecule has 1 aromatic heterocycles. The Morgan fingerprint density at radius 1 is 1.19 bits per heavy atom. The standard InChI is InChI=1S/C19H20BrClN2O2S/c20-17-9-7-14(26-17)4-3-5-18(24)22-16-8-6-13(21)12-15(16)19(25)23-10-1-2-11-23/h6-9,12H,1-5,10-11H2,(H,22,24). The number of nitrogens with one attached hydrogen (secondary N) is 1. The van der Waals surface area contributed by atoms with Gasteiger partial charge in [0.25, 0.3) is 5.91 Å². The van der Waals surface area contributed by atoms with E-state index in [1.54, 1.807) is 29.5 Å². The van der Waals surface area contributed by atoms with Crippen LogP contribution in [0, 0.1) is 0 Å². The summed E-state index contributed by atoms with van der Waals surface area (Å²) in [5.41, 5.74) is 1.00. The number of carbonyl (C=O) groups is 2. The van der Waals surface area contributed by atoms with E-state index in [0.717, 1.165) is 42.6 Å². The Morgan fingerprint density at radius 3 is 2.65 bits per heavy atom. The Labute approximate surface area is 170 Å². The molecule has 0 aliphatic carbocycles. The quantitative estimate of drug-likeness (QED) is 0.637. The third-order valence-electron chi connectivity index (χ3n) is 4.34. The van der Waals surface area contributed by atoms with Gasteiger partial charge in [0.1, 0.15) is 0 Å². The number of hydrogen-bond donors (Lipinski definition) is 1. The van der Waals surface area contributed by atoms with Gasteiger partial charge in [0.2, 0.25) is 5.91 Å². The summed E-state index contributed by atoms with van der Waals surface area (Å²) in [7, 11) is 0. The van der Waals surface area contributed by atoms with Crippen LogP contribution in [0.1, 0.15) is 40.9 Å². The highest BCUT2D eigenvalue weighted by molar-refractivity contribution is 9.11. The lowest BCUT2D eigenvalue weighted by molar-refractivity contribution is -0.116. The normalized spacial score (nSPS) is 13.8. The minimum atomic E-state index is -0.0848. The molecule has 1 fully saturated rings. The second-order valence-corrected chi connectivity index (χ2v) is 9.28. The maximum Gasteiger partial charge on any atom is 0.256 e. The molecule has 1 saturated heterocycles. The van der Waals surface area contributed by atoms with E-state index < -0.39 is 0 Å². The molecule has 1 aliphatic rings. The molecule has 0 saturated carbocycles. The molecule has 1 N–H and O–H groups in total. The summed E-state index contributed by atoms with van der Waals surface area (Å²) in [4.78, 5) is 28.1. The van der Waals surface area contributed by atoms with E-state index in [-0.39, 0.29) is 11.8 Å². The molecule has 7 heteroatoms. The summed E-state index contributed by atoms with van der Waals surface area (Å²) in [5, 5.41) is 3.38. The SMILES string of the molecule is O=C(CCCc1ccc(Br)s1)Nc1ccc(Cl)cc1C(=O)N1CCCC1. The highest BCUT2D eigenvalue weighted by atomic mass is 79.9. The van der Waals surface area contributed by atoms with Crippen molar-refractivity contribution in [1.82, 2.24) is 4.90 Å². The van der Waals surface area contributed by atoms with E-state index in [9.17, 15) is 9.59 Å². The number of carbonyl (C=O) groups excluding carboxylic acids is 2. The van der Waals surface area contributed by atoms with E-state index in [1.807, 2.05) is 11.0 Å². The molecule has 0 radical (unpaired) electrons. The molecule has 138 valence electrons. The summed E-state index contributed by atoms with van der Waals surface area (Å²) in [5.74, 6) is -0.151. The molecule has 1 aromatic carbocycles. The summed E-state index contributed by atoms with van der Waals surface area (Å²) in [6.45, 7) is 1.52. The topological polar surface area (TPSA) is 49.4 Å². The molecule has 2 amide bonds. The Hall–Kier alpha value is -1.37. The van der Waals surface area contributed by atoms with Crippen molar-refractivity contribution in [2.75, 3.05) is 18.4 Å². The lowest BCUT2D eigenvalue weighted by Gasteiger charge is -2.18. The van der Waals surface area contributed by atoms with Gasteiger partial charge in [-0.25, -0.2) is 0 Å². The number of halogens is 2. The number of nitrogens with zero attached hydrogens (tertiary/aromatic N) is 1. The van der Waals surface area contributed by atoms with Crippen LogP contribution < -0.4 is 5.32 Å². The maximum absolute atomic E-state index is 12.7. The van der Waals surface area contributed by atoms with Crippen LogP contribution in [0.25, 0.3) is 0 Å². The van der Waals surface area contributed by atoms with Crippen LogP contribution in [-0.2, 0) is 11.2 Å². The average Bonchev–Trinajstić information content (AvgIpc) is 3.28. The van der Waals surface area contributed by atoms with Crippen LogP contribution >= 0.6 is 38.9 Å². The van der Waals surface area contributed by atoms with Gasteiger partial charge in [0.15, 0.2) is 0 Å². The van der Waals surface area contributed by atoms with Gasteiger partial charge in [-0.3, -0.25) is 9.59 Å². The lowest BCUT2D eigenvalue weighted by atomic mass is 10.1. The zero-order valence-electron chi connectivity index (χ0n) is 14.3. The van der Waals surface area contributed by atoms with Crippen molar-refractivity contribution < 1.29 is 9.59 Å². The van der Waals surface area contributed by atoms with Crippen LogP contribution in [-0.4, -0.2) is 29.8 Å². The third-order valence-corrected chi connectivity index (χ3v) is 6.25. The zero-order valence-corrected chi connectivity index (χ0v) is 17.4. The predicted octanol–water partition coefficient (Wildman–Crippen LogP) is 5.36. The van der Waals surface area contributed by atoms with Gasteiger partial charge in [0.05, 0.1) is 15.0 Å². The van der Waals surface area contributed by atoms with Crippen LogP contribution in [0.3, 0.4) is 0 Å². The molecular weight excluding hydrogens is 436 g/mol. The molecular formula is C19H20BrClN2O2S. The van der Waals surface area contributed by atoms with Crippen LogP contribution in [0.2, 0.25) is 5.02 Å². The van der Waals surface area contributed by atoms with E-state index in [2.05, 4.69) is 27.3 Å². The van der Waals surface area contributed by atoms with Gasteiger partial charge in [-0.15, -0.1) is 11.3 Å². The molecule has 4 nitrogen and oxygen atoms in total. The van der Waals surface area contributed by atoms with Crippen molar-refractivity contribution in [2.24, 2.45) is 0 Å². The molecule has 2 heterocycles. The lowest BCUT2D eigenvalue weighted by Crippen LogP contribution is -2.28. The maximum atomic E-state index is 12.7. The fourth-order valence-corrected chi connectivity index (χ4v) is 4.71. The number of thiophene rings is 1. The summed E-state index contributed by atoms with van der Waals surface area (Å²) in [6.07, 6.45) is 4.08. The van der Waals surface area contributed by atoms with E-state index in [0.29, 0.717) is 22.7 Å². The van der Waals surface area contributed by atoms with Gasteiger partial charge in [-0.2, -0.15) is 0 Å². The second kappa shape index (κ2) is 9.02. The largest absolute Gasteiger partial charge is 0.339 e. The minimum absolute atomic E-state index is 0.0660. The first kappa shape index (κ1) is 19.4. The number of rotatable bonds is 6. The predicted molar refractivity (Wildman–Crippen MR) is 110 cm³/mol. The smallest absolute Gasteiger partial charge is 0.256 e. The molecule has 1 aliphatic heterocycles. The average molecular weight is 456 g/mol. The zero-order chi connectivity index (χ0) is 18.5. The molecule has 0 bridgehead atoms. The summed E-state index contributed by atoms with van der Waals surface area (Å²) < 4.78 is 1.10. The van der Waals surface area contributed by atoms with E-state index in [1.165, 1.54) is 4.88 Å². The highest BCUT2D eigenvalue weighted by Gasteiger charge is 2.22. The molecule has 0 spiro atoms. The first-order valence-electron chi connectivity index (χ1n) is 8.66. The van der Waals surface area contributed by atoms with Gasteiger partial charge in [-0.05, 0) is 71.9 Å². The first-order chi connectivity index (χ1) is 12.5. The van der Waals surface area contributed by atoms with Crippen molar-refractivity contribution in [3.8, 4) is 0 Å². The minimum Gasteiger partial charge on any atom is -0.339 e. The van der Waals surface area contributed by atoms with Gasteiger partial charge in [0, 0.05) is 29.4 Å². The Morgan fingerprint density at radius 2 is 1.96 bits per heavy atom. The van der Waals surface area contributed by atoms with Crippen molar-refractivity contribution in [2.45, 2.75) is 32.1 Å². The highest BCUT2D eigenvalue weighted by Crippen LogP contribution is 2.25. The fourth-order valence-electron chi connectivity index (χ4n) is 3.01. The van der Waals surface area contributed by atoms with Crippen molar-refractivity contribution >= 4 is 56.4 Å². The number of likely N-dealkylation sites (tertiary alicyclic amines) is 1. The van der Waals surface area contributed by atoms with Crippen LogP contribution in [0.5, 0.6) is 0 Å². The monoisotopic (exact) mass is 454 g/mol.